The zero-order valence-electron chi connectivity index (χ0n) is 11.0. The molecule has 4 nitrogen and oxygen atoms in total. The summed E-state index contributed by atoms with van der Waals surface area (Å²) < 4.78 is 5.15. The maximum atomic E-state index is 12.0. The summed E-state index contributed by atoms with van der Waals surface area (Å²) in [6.45, 7) is 1.35. The van der Waals surface area contributed by atoms with Crippen molar-refractivity contribution in [1.29, 1.82) is 0 Å². The van der Waals surface area contributed by atoms with Crippen LogP contribution in [0.15, 0.2) is 24.3 Å². The lowest BCUT2D eigenvalue weighted by molar-refractivity contribution is -0.117. The van der Waals surface area contributed by atoms with Crippen LogP contribution >= 0.6 is 0 Å². The van der Waals surface area contributed by atoms with Gasteiger partial charge in [-0.05, 0) is 37.4 Å². The summed E-state index contributed by atoms with van der Waals surface area (Å²) in [6, 6.07) is 7.52. The third kappa shape index (κ3) is 3.47. The van der Waals surface area contributed by atoms with Crippen LogP contribution in [0, 0.1) is 5.92 Å². The number of hydrogen-bond acceptors (Lipinski definition) is 3. The molecule has 0 radical (unpaired) electrons. The van der Waals surface area contributed by atoms with Crippen LogP contribution in [-0.4, -0.2) is 33.2 Å². The van der Waals surface area contributed by atoms with Crippen LogP contribution < -0.4 is 15.0 Å². The van der Waals surface area contributed by atoms with Crippen LogP contribution in [0.4, 0.5) is 5.69 Å². The molecule has 1 fully saturated rings. The molecule has 1 aliphatic carbocycles. The fraction of sp³-hybridized carbons (Fsp3) is 0.500. The lowest BCUT2D eigenvalue weighted by atomic mass is 10.2. The normalized spacial score (nSPS) is 14.3. The minimum absolute atomic E-state index is 0.0731. The third-order valence-corrected chi connectivity index (χ3v) is 3.22. The molecule has 0 aromatic heterocycles. The second-order valence-electron chi connectivity index (χ2n) is 4.73. The van der Waals surface area contributed by atoms with Crippen molar-refractivity contribution in [3.8, 4) is 5.75 Å². The number of carbonyl (C=O) groups excluding carboxylic acids is 1. The Labute approximate surface area is 108 Å². The molecule has 98 valence electrons. The quantitative estimate of drug-likeness (QED) is 0.832. The van der Waals surface area contributed by atoms with Gasteiger partial charge in [0, 0.05) is 18.8 Å². The number of hydrogen-bond donors (Lipinski definition) is 1. The molecule has 1 saturated carbocycles. The largest absolute Gasteiger partial charge is 0.497 e. The molecule has 4 heteroatoms. The third-order valence-electron chi connectivity index (χ3n) is 3.22. The standard InChI is InChI=1S/C14H20N2O2/c1-16(12-4-3-5-13(8-12)18-2)14(17)10-15-9-11-6-7-11/h3-5,8,11,15H,6-7,9-10H2,1-2H3. The van der Waals surface area contributed by atoms with Crippen LogP contribution in [0.3, 0.4) is 0 Å². The number of methoxy groups -OCH3 is 1. The summed E-state index contributed by atoms with van der Waals surface area (Å²) in [6.07, 6.45) is 2.60. The molecule has 1 amide bonds. The summed E-state index contributed by atoms with van der Waals surface area (Å²) in [5.74, 6) is 1.63. The Bertz CT molecular complexity index is 416. The summed E-state index contributed by atoms with van der Waals surface area (Å²) in [7, 11) is 3.41. The van der Waals surface area contributed by atoms with Crippen LogP contribution in [0.5, 0.6) is 5.75 Å². The highest BCUT2D eigenvalue weighted by Crippen LogP contribution is 2.27. The predicted molar refractivity (Wildman–Crippen MR) is 72.0 cm³/mol. The molecule has 1 aromatic rings. The fourth-order valence-electron chi connectivity index (χ4n) is 1.79. The average molecular weight is 248 g/mol. The van der Waals surface area contributed by atoms with Gasteiger partial charge in [0.15, 0.2) is 0 Å². The molecule has 0 saturated heterocycles. The molecule has 0 aliphatic heterocycles. The van der Waals surface area contributed by atoms with Gasteiger partial charge in [0.25, 0.3) is 0 Å². The topological polar surface area (TPSA) is 41.6 Å². The van der Waals surface area contributed by atoms with E-state index in [1.807, 2.05) is 24.3 Å². The Morgan fingerprint density at radius 3 is 2.94 bits per heavy atom. The number of amides is 1. The first-order chi connectivity index (χ1) is 8.70. The zero-order valence-corrected chi connectivity index (χ0v) is 11.0. The Kier molecular flexibility index (Phi) is 4.20. The SMILES string of the molecule is COc1cccc(N(C)C(=O)CNCC2CC2)c1. The van der Waals surface area contributed by atoms with Crippen molar-refractivity contribution in [3.05, 3.63) is 24.3 Å². The van der Waals surface area contributed by atoms with Gasteiger partial charge >= 0.3 is 0 Å². The molecule has 0 atom stereocenters. The lowest BCUT2D eigenvalue weighted by Gasteiger charge is -2.18. The van der Waals surface area contributed by atoms with Gasteiger partial charge in [0.2, 0.25) is 5.91 Å². The molecule has 2 rings (SSSR count). The summed E-state index contributed by atoms with van der Waals surface area (Å²) in [5, 5.41) is 3.20. The van der Waals surface area contributed by atoms with E-state index in [2.05, 4.69) is 5.32 Å². The zero-order chi connectivity index (χ0) is 13.0. The van der Waals surface area contributed by atoms with Gasteiger partial charge in [-0.25, -0.2) is 0 Å². The van der Waals surface area contributed by atoms with E-state index in [0.29, 0.717) is 6.54 Å². The summed E-state index contributed by atoms with van der Waals surface area (Å²) in [5.41, 5.74) is 0.854. The van der Waals surface area contributed by atoms with Crippen molar-refractivity contribution in [3.63, 3.8) is 0 Å². The highest BCUT2D eigenvalue weighted by Gasteiger charge is 2.21. The highest BCUT2D eigenvalue weighted by atomic mass is 16.5. The molecule has 0 unspecified atom stereocenters. The van der Waals surface area contributed by atoms with Gasteiger partial charge in [0.1, 0.15) is 5.75 Å². The van der Waals surface area contributed by atoms with Gasteiger partial charge in [-0.2, -0.15) is 0 Å². The minimum Gasteiger partial charge on any atom is -0.497 e. The maximum absolute atomic E-state index is 12.0. The molecule has 0 spiro atoms. The van der Waals surface area contributed by atoms with E-state index in [1.54, 1.807) is 19.1 Å². The highest BCUT2D eigenvalue weighted by molar-refractivity contribution is 5.94. The number of carbonyl (C=O) groups is 1. The Balaban J connectivity index is 1.87. The number of anilines is 1. The Morgan fingerprint density at radius 1 is 1.50 bits per heavy atom. The molecule has 1 N–H and O–H groups in total. The van der Waals surface area contributed by atoms with E-state index in [-0.39, 0.29) is 5.91 Å². The minimum atomic E-state index is 0.0731. The van der Waals surface area contributed by atoms with Gasteiger partial charge in [-0.15, -0.1) is 0 Å². The van der Waals surface area contributed by atoms with Gasteiger partial charge in [-0.3, -0.25) is 4.79 Å². The van der Waals surface area contributed by atoms with Crippen molar-refractivity contribution in [2.75, 3.05) is 32.1 Å². The van der Waals surface area contributed by atoms with Gasteiger partial charge in [-0.1, -0.05) is 6.07 Å². The van der Waals surface area contributed by atoms with Crippen LogP contribution in [0.1, 0.15) is 12.8 Å². The van der Waals surface area contributed by atoms with E-state index in [1.165, 1.54) is 12.8 Å². The smallest absolute Gasteiger partial charge is 0.240 e. The molecule has 1 aliphatic rings. The predicted octanol–water partition coefficient (Wildman–Crippen LogP) is 1.66. The van der Waals surface area contributed by atoms with E-state index < -0.39 is 0 Å². The van der Waals surface area contributed by atoms with E-state index >= 15 is 0 Å². The number of nitrogens with zero attached hydrogens (tertiary/aromatic N) is 1. The molecular formula is C14H20N2O2. The number of likely N-dealkylation sites (N-methyl/N-ethyl adjacent to an activating group) is 1. The first-order valence-corrected chi connectivity index (χ1v) is 6.32. The second-order valence-corrected chi connectivity index (χ2v) is 4.73. The molecule has 0 bridgehead atoms. The molecule has 18 heavy (non-hydrogen) atoms. The van der Waals surface area contributed by atoms with E-state index in [0.717, 1.165) is 23.9 Å². The number of nitrogens with one attached hydrogen (secondary N) is 1. The number of rotatable bonds is 6. The molecular weight excluding hydrogens is 228 g/mol. The molecule has 0 heterocycles. The average Bonchev–Trinajstić information content (AvgIpc) is 3.22. The van der Waals surface area contributed by atoms with Crippen molar-refractivity contribution >= 4 is 11.6 Å². The first-order valence-electron chi connectivity index (χ1n) is 6.32. The fourth-order valence-corrected chi connectivity index (χ4v) is 1.79. The van der Waals surface area contributed by atoms with Crippen LogP contribution in [0.2, 0.25) is 0 Å². The van der Waals surface area contributed by atoms with Crippen LogP contribution in [-0.2, 0) is 4.79 Å². The Morgan fingerprint density at radius 2 is 2.28 bits per heavy atom. The van der Waals surface area contributed by atoms with Crippen LogP contribution in [0.25, 0.3) is 0 Å². The number of benzene rings is 1. The van der Waals surface area contributed by atoms with E-state index in [9.17, 15) is 4.79 Å². The summed E-state index contributed by atoms with van der Waals surface area (Å²) >= 11 is 0. The molecule has 1 aromatic carbocycles. The van der Waals surface area contributed by atoms with Gasteiger partial charge in [0.05, 0.1) is 13.7 Å². The summed E-state index contributed by atoms with van der Waals surface area (Å²) in [4.78, 5) is 13.6. The van der Waals surface area contributed by atoms with Gasteiger partial charge < -0.3 is 15.0 Å². The monoisotopic (exact) mass is 248 g/mol. The number of ether oxygens (including phenoxy) is 1. The lowest BCUT2D eigenvalue weighted by Crippen LogP contribution is -2.36. The van der Waals surface area contributed by atoms with Crippen molar-refractivity contribution < 1.29 is 9.53 Å². The second kappa shape index (κ2) is 5.87. The maximum Gasteiger partial charge on any atom is 0.240 e. The van der Waals surface area contributed by atoms with Crippen molar-refractivity contribution in [2.24, 2.45) is 5.92 Å². The van der Waals surface area contributed by atoms with Crippen molar-refractivity contribution in [1.82, 2.24) is 5.32 Å². The first kappa shape index (κ1) is 12.9. The van der Waals surface area contributed by atoms with E-state index in [4.69, 9.17) is 4.74 Å². The Hall–Kier alpha value is -1.55. The van der Waals surface area contributed by atoms with Crippen molar-refractivity contribution in [2.45, 2.75) is 12.8 Å².